The van der Waals surface area contributed by atoms with Crippen LogP contribution in [0.2, 0.25) is 0 Å². The summed E-state index contributed by atoms with van der Waals surface area (Å²) in [5, 5.41) is 0. The monoisotopic (exact) mass is 256 g/mol. The molecule has 2 rings (SSSR count). The topological polar surface area (TPSA) is 48.1 Å². The fourth-order valence-electron chi connectivity index (χ4n) is 2.31. The van der Waals surface area contributed by atoms with Gasteiger partial charge >= 0.3 is 0 Å². The predicted molar refractivity (Wildman–Crippen MR) is 77.3 cm³/mol. The van der Waals surface area contributed by atoms with E-state index in [1.807, 2.05) is 31.3 Å². The third-order valence-electron chi connectivity index (χ3n) is 3.34. The fourth-order valence-corrected chi connectivity index (χ4v) is 2.31. The third-order valence-corrected chi connectivity index (χ3v) is 3.34. The van der Waals surface area contributed by atoms with Gasteiger partial charge in [0.1, 0.15) is 5.75 Å². The second kappa shape index (κ2) is 5.85. The maximum absolute atomic E-state index is 6.32. The van der Waals surface area contributed by atoms with Crippen LogP contribution in [0.3, 0.4) is 0 Å². The summed E-state index contributed by atoms with van der Waals surface area (Å²) in [5.74, 6) is 0.896. The first-order chi connectivity index (χ1) is 9.11. The smallest absolute Gasteiger partial charge is 0.122 e. The number of nitrogens with zero attached hydrogens (tertiary/aromatic N) is 1. The molecule has 2 aromatic rings. The second-order valence-electron chi connectivity index (χ2n) is 4.86. The second-order valence-corrected chi connectivity index (χ2v) is 4.86. The zero-order valence-corrected chi connectivity index (χ0v) is 11.7. The Balaban J connectivity index is 2.26. The van der Waals surface area contributed by atoms with E-state index in [1.165, 1.54) is 5.56 Å². The number of nitrogens with two attached hydrogens (primary N) is 1. The van der Waals surface area contributed by atoms with Crippen LogP contribution in [0, 0.1) is 13.8 Å². The molecule has 0 spiro atoms. The van der Waals surface area contributed by atoms with Crippen LogP contribution >= 0.6 is 0 Å². The molecule has 0 saturated carbocycles. The first kappa shape index (κ1) is 13.6. The van der Waals surface area contributed by atoms with Crippen molar-refractivity contribution in [1.29, 1.82) is 0 Å². The minimum atomic E-state index is -0.0429. The molecule has 19 heavy (non-hydrogen) atoms. The summed E-state index contributed by atoms with van der Waals surface area (Å²) < 4.78 is 5.40. The van der Waals surface area contributed by atoms with Crippen molar-refractivity contribution >= 4 is 0 Å². The molecule has 1 atom stereocenters. The number of hydrogen-bond donors (Lipinski definition) is 1. The van der Waals surface area contributed by atoms with Gasteiger partial charge in [-0.3, -0.25) is 4.98 Å². The molecule has 0 aliphatic rings. The summed E-state index contributed by atoms with van der Waals surface area (Å²) in [6.07, 6.45) is 4.40. The van der Waals surface area contributed by atoms with Crippen molar-refractivity contribution in [3.63, 3.8) is 0 Å². The van der Waals surface area contributed by atoms with Gasteiger partial charge in [-0.1, -0.05) is 17.7 Å². The normalized spacial score (nSPS) is 12.2. The Morgan fingerprint density at radius 2 is 2.05 bits per heavy atom. The molecule has 0 aliphatic heterocycles. The minimum absolute atomic E-state index is 0.0429. The summed E-state index contributed by atoms with van der Waals surface area (Å²) in [6.45, 7) is 4.11. The molecular formula is C16H20N2O. The van der Waals surface area contributed by atoms with E-state index in [0.29, 0.717) is 0 Å². The van der Waals surface area contributed by atoms with E-state index >= 15 is 0 Å². The Morgan fingerprint density at radius 3 is 2.74 bits per heavy atom. The van der Waals surface area contributed by atoms with Crippen molar-refractivity contribution in [3.05, 3.63) is 58.9 Å². The molecule has 0 fully saturated rings. The molecule has 2 N–H and O–H groups in total. The minimum Gasteiger partial charge on any atom is -0.496 e. The van der Waals surface area contributed by atoms with Gasteiger partial charge in [0, 0.05) is 18.4 Å². The molecular weight excluding hydrogens is 236 g/mol. The van der Waals surface area contributed by atoms with E-state index in [1.54, 1.807) is 13.3 Å². The Kier molecular flexibility index (Phi) is 4.17. The number of pyridine rings is 1. The molecule has 0 aliphatic carbocycles. The van der Waals surface area contributed by atoms with Gasteiger partial charge < -0.3 is 10.5 Å². The molecule has 1 aromatic heterocycles. The largest absolute Gasteiger partial charge is 0.496 e. The Bertz CT molecular complexity index is 566. The maximum atomic E-state index is 6.32. The van der Waals surface area contributed by atoms with Gasteiger partial charge in [-0.2, -0.15) is 0 Å². The molecule has 0 bridgehead atoms. The number of methoxy groups -OCH3 is 1. The number of hydrogen-bond acceptors (Lipinski definition) is 3. The van der Waals surface area contributed by atoms with Crippen LogP contribution in [-0.2, 0) is 6.42 Å². The molecule has 3 nitrogen and oxygen atoms in total. The average molecular weight is 256 g/mol. The van der Waals surface area contributed by atoms with Gasteiger partial charge in [0.15, 0.2) is 0 Å². The average Bonchev–Trinajstić information content (AvgIpc) is 2.39. The molecule has 0 amide bonds. The summed E-state index contributed by atoms with van der Waals surface area (Å²) in [4.78, 5) is 4.10. The highest BCUT2D eigenvalue weighted by atomic mass is 16.5. The van der Waals surface area contributed by atoms with Crippen LogP contribution in [-0.4, -0.2) is 12.1 Å². The van der Waals surface area contributed by atoms with Crippen LogP contribution in [0.1, 0.15) is 28.3 Å². The van der Waals surface area contributed by atoms with E-state index < -0.39 is 0 Å². The van der Waals surface area contributed by atoms with Gasteiger partial charge in [0.2, 0.25) is 0 Å². The van der Waals surface area contributed by atoms with Crippen LogP contribution in [0.25, 0.3) is 0 Å². The van der Waals surface area contributed by atoms with Crippen LogP contribution < -0.4 is 10.5 Å². The van der Waals surface area contributed by atoms with E-state index in [-0.39, 0.29) is 6.04 Å². The SMILES string of the molecule is COc1ccc(C)cc1CC(N)c1ccncc1C. The molecule has 0 radical (unpaired) electrons. The lowest BCUT2D eigenvalue weighted by Crippen LogP contribution is -2.15. The third kappa shape index (κ3) is 3.12. The van der Waals surface area contributed by atoms with Crippen LogP contribution in [0.4, 0.5) is 0 Å². The summed E-state index contributed by atoms with van der Waals surface area (Å²) in [5.41, 5.74) is 10.9. The zero-order chi connectivity index (χ0) is 13.8. The van der Waals surface area contributed by atoms with Crippen molar-refractivity contribution in [2.75, 3.05) is 7.11 Å². The van der Waals surface area contributed by atoms with Gasteiger partial charge in [0.25, 0.3) is 0 Å². The summed E-state index contributed by atoms with van der Waals surface area (Å²) >= 11 is 0. The Labute approximate surface area is 114 Å². The summed E-state index contributed by atoms with van der Waals surface area (Å²) in [7, 11) is 1.69. The lowest BCUT2D eigenvalue weighted by Gasteiger charge is -2.16. The highest BCUT2D eigenvalue weighted by Gasteiger charge is 2.12. The molecule has 0 saturated heterocycles. The molecule has 1 unspecified atom stereocenters. The first-order valence-corrected chi connectivity index (χ1v) is 6.41. The van der Waals surface area contributed by atoms with Crippen LogP contribution in [0.15, 0.2) is 36.7 Å². The van der Waals surface area contributed by atoms with Crippen molar-refractivity contribution in [2.45, 2.75) is 26.3 Å². The quantitative estimate of drug-likeness (QED) is 0.915. The number of aromatic nitrogens is 1. The van der Waals surface area contributed by atoms with E-state index in [2.05, 4.69) is 18.0 Å². The van der Waals surface area contributed by atoms with Crippen LogP contribution in [0.5, 0.6) is 5.75 Å². The predicted octanol–water partition coefficient (Wildman–Crippen LogP) is 2.95. The number of rotatable bonds is 4. The van der Waals surface area contributed by atoms with Gasteiger partial charge in [0.05, 0.1) is 7.11 Å². The fraction of sp³-hybridized carbons (Fsp3) is 0.312. The first-order valence-electron chi connectivity index (χ1n) is 6.41. The van der Waals surface area contributed by atoms with Gasteiger partial charge in [-0.25, -0.2) is 0 Å². The van der Waals surface area contributed by atoms with Crippen molar-refractivity contribution in [3.8, 4) is 5.75 Å². The van der Waals surface area contributed by atoms with Crippen molar-refractivity contribution in [1.82, 2.24) is 4.98 Å². The Hall–Kier alpha value is -1.87. The molecule has 3 heteroatoms. The van der Waals surface area contributed by atoms with Gasteiger partial charge in [-0.05, 0) is 49.1 Å². The van der Waals surface area contributed by atoms with E-state index in [4.69, 9.17) is 10.5 Å². The van der Waals surface area contributed by atoms with E-state index in [9.17, 15) is 0 Å². The lowest BCUT2D eigenvalue weighted by molar-refractivity contribution is 0.408. The molecule has 1 heterocycles. The highest BCUT2D eigenvalue weighted by Crippen LogP contribution is 2.25. The van der Waals surface area contributed by atoms with Gasteiger partial charge in [-0.15, -0.1) is 0 Å². The summed E-state index contributed by atoms with van der Waals surface area (Å²) in [6, 6.07) is 8.12. The molecule has 100 valence electrons. The van der Waals surface area contributed by atoms with Crippen molar-refractivity contribution in [2.24, 2.45) is 5.73 Å². The standard InChI is InChI=1S/C16H20N2O/c1-11-4-5-16(19-3)13(8-11)9-15(17)14-6-7-18-10-12(14)2/h4-8,10,15H,9,17H2,1-3H3. The number of aryl methyl sites for hydroxylation is 2. The lowest BCUT2D eigenvalue weighted by atomic mass is 9.96. The van der Waals surface area contributed by atoms with E-state index in [0.717, 1.165) is 28.9 Å². The maximum Gasteiger partial charge on any atom is 0.122 e. The highest BCUT2D eigenvalue weighted by molar-refractivity contribution is 5.38. The Morgan fingerprint density at radius 1 is 1.26 bits per heavy atom. The zero-order valence-electron chi connectivity index (χ0n) is 11.7. The number of ether oxygens (including phenoxy) is 1. The molecule has 1 aromatic carbocycles. The van der Waals surface area contributed by atoms with Crippen molar-refractivity contribution < 1.29 is 4.74 Å². The number of benzene rings is 1.